The van der Waals surface area contributed by atoms with E-state index in [1.807, 2.05) is 0 Å². The van der Waals surface area contributed by atoms with Gasteiger partial charge in [0.05, 0.1) is 0 Å². The first kappa shape index (κ1) is 21.0. The zero-order valence-electron chi connectivity index (χ0n) is 15.8. The maximum atomic E-state index is 14.7. The van der Waals surface area contributed by atoms with Crippen LogP contribution < -0.4 is 4.90 Å². The van der Waals surface area contributed by atoms with Crippen LogP contribution in [0.15, 0.2) is 12.1 Å². The second-order valence-corrected chi connectivity index (χ2v) is 7.43. The Labute approximate surface area is 154 Å². The number of nitrogens with zero attached hydrogens (tertiary/aromatic N) is 2. The first-order valence-corrected chi connectivity index (χ1v) is 9.60. The van der Waals surface area contributed by atoms with E-state index in [1.165, 1.54) is 37.7 Å². The minimum absolute atomic E-state index is 0.00716. The molecular weight excluding hydrogens is 344 g/mol. The predicted octanol–water partition coefficient (Wildman–Crippen LogP) is 5.71. The molecule has 0 aromatic heterocycles. The van der Waals surface area contributed by atoms with Gasteiger partial charge in [-0.25, -0.2) is 4.39 Å². The van der Waals surface area contributed by atoms with Crippen LogP contribution in [-0.2, 0) is 6.54 Å². The van der Waals surface area contributed by atoms with E-state index >= 15 is 0 Å². The molecule has 2 fully saturated rings. The molecule has 148 valence electrons. The molecule has 0 spiro atoms. The van der Waals surface area contributed by atoms with Gasteiger partial charge in [0.2, 0.25) is 0 Å². The molecule has 0 aliphatic carbocycles. The number of hydrogen-bond acceptors (Lipinski definition) is 2. The smallest absolute Gasteiger partial charge is 0.371 e. The highest BCUT2D eigenvalue weighted by Gasteiger charge is 2.21. The molecule has 0 radical (unpaired) electrons. The highest BCUT2D eigenvalue weighted by atomic mass is 19.4. The van der Waals surface area contributed by atoms with Crippen LogP contribution in [0, 0.1) is 5.82 Å². The van der Waals surface area contributed by atoms with E-state index in [-0.39, 0.29) is 11.7 Å². The van der Waals surface area contributed by atoms with Gasteiger partial charge in [0, 0.05) is 25.3 Å². The molecule has 2 nitrogen and oxygen atoms in total. The molecule has 2 heterocycles. The van der Waals surface area contributed by atoms with E-state index < -0.39 is 6.68 Å². The van der Waals surface area contributed by atoms with E-state index in [9.17, 15) is 17.6 Å². The van der Waals surface area contributed by atoms with Crippen LogP contribution in [0.1, 0.15) is 63.0 Å². The van der Waals surface area contributed by atoms with E-state index in [0.29, 0.717) is 0 Å². The van der Waals surface area contributed by atoms with Crippen LogP contribution >= 0.6 is 0 Å². The van der Waals surface area contributed by atoms with Crippen molar-refractivity contribution in [2.24, 2.45) is 0 Å². The highest BCUT2D eigenvalue weighted by molar-refractivity contribution is 5.52. The Hall–Kier alpha value is -1.30. The van der Waals surface area contributed by atoms with Crippen LogP contribution in [0.5, 0.6) is 0 Å². The normalized spacial score (nSPS) is 18.4. The molecule has 2 saturated heterocycles. The second-order valence-electron chi connectivity index (χ2n) is 7.43. The van der Waals surface area contributed by atoms with Crippen molar-refractivity contribution in [3.05, 3.63) is 29.1 Å². The third-order valence-corrected chi connectivity index (χ3v) is 5.09. The Morgan fingerprint density at radius 1 is 0.885 bits per heavy atom. The predicted molar refractivity (Wildman–Crippen MR) is 98.2 cm³/mol. The Morgan fingerprint density at radius 3 is 1.96 bits per heavy atom. The lowest BCUT2D eigenvalue weighted by atomic mass is 9.95. The Morgan fingerprint density at radius 2 is 1.42 bits per heavy atom. The Kier molecular flexibility index (Phi) is 8.19. The summed E-state index contributed by atoms with van der Waals surface area (Å²) in [5.74, 6) is 0.236. The fourth-order valence-electron chi connectivity index (χ4n) is 3.95. The van der Waals surface area contributed by atoms with E-state index in [0.717, 1.165) is 44.0 Å². The average molecular weight is 374 g/mol. The molecular formula is C20H30F4N2. The SMILES string of the molecule is CC(C)c1c(F)cc(N2CCCCC2)cc1CN1CCCC1.FC(F)F. The van der Waals surface area contributed by atoms with Gasteiger partial charge in [-0.2, -0.15) is 13.2 Å². The van der Waals surface area contributed by atoms with Crippen molar-refractivity contribution in [1.82, 2.24) is 4.90 Å². The fraction of sp³-hybridized carbons (Fsp3) is 0.700. The van der Waals surface area contributed by atoms with Crippen LogP contribution in [0.3, 0.4) is 0 Å². The lowest BCUT2D eigenvalue weighted by molar-refractivity contribution is 0.00819. The number of alkyl halides is 3. The summed E-state index contributed by atoms with van der Waals surface area (Å²) in [5, 5.41) is 0. The molecule has 0 N–H and O–H groups in total. The van der Waals surface area contributed by atoms with Gasteiger partial charge >= 0.3 is 6.68 Å². The van der Waals surface area contributed by atoms with Crippen molar-refractivity contribution in [2.45, 2.75) is 65.1 Å². The molecule has 0 bridgehead atoms. The number of hydrogen-bond donors (Lipinski definition) is 0. The molecule has 0 unspecified atom stereocenters. The number of piperidine rings is 1. The van der Waals surface area contributed by atoms with Gasteiger partial charge in [0.15, 0.2) is 0 Å². The quantitative estimate of drug-likeness (QED) is 0.623. The van der Waals surface area contributed by atoms with Crippen molar-refractivity contribution < 1.29 is 17.6 Å². The Bertz CT molecular complexity index is 548. The van der Waals surface area contributed by atoms with Crippen molar-refractivity contribution in [2.75, 3.05) is 31.1 Å². The van der Waals surface area contributed by atoms with Gasteiger partial charge < -0.3 is 4.90 Å². The Balaban J connectivity index is 0.000000552. The van der Waals surface area contributed by atoms with Crippen molar-refractivity contribution >= 4 is 5.69 Å². The summed E-state index contributed by atoms with van der Waals surface area (Å²) in [5.41, 5.74) is 3.22. The van der Waals surface area contributed by atoms with Gasteiger partial charge in [-0.1, -0.05) is 13.8 Å². The minimum Gasteiger partial charge on any atom is -0.371 e. The molecule has 0 saturated carbocycles. The summed E-state index contributed by atoms with van der Waals surface area (Å²) < 4.78 is 43.7. The zero-order chi connectivity index (χ0) is 19.1. The third-order valence-electron chi connectivity index (χ3n) is 5.09. The van der Waals surface area contributed by atoms with E-state index in [2.05, 4.69) is 29.7 Å². The largest absolute Gasteiger partial charge is 0.379 e. The highest BCUT2D eigenvalue weighted by Crippen LogP contribution is 2.31. The summed E-state index contributed by atoms with van der Waals surface area (Å²) in [6.45, 7) is 5.92. The third kappa shape index (κ3) is 6.15. The molecule has 6 heteroatoms. The van der Waals surface area contributed by atoms with E-state index in [4.69, 9.17) is 0 Å². The first-order chi connectivity index (χ1) is 12.4. The average Bonchev–Trinajstić information content (AvgIpc) is 3.07. The summed E-state index contributed by atoms with van der Waals surface area (Å²) in [6, 6.07) is 4.04. The number of likely N-dealkylation sites (tertiary alicyclic amines) is 1. The van der Waals surface area contributed by atoms with Gasteiger partial charge in [-0.15, -0.1) is 0 Å². The van der Waals surface area contributed by atoms with Crippen molar-refractivity contribution in [3.63, 3.8) is 0 Å². The van der Waals surface area contributed by atoms with Crippen LogP contribution in [-0.4, -0.2) is 37.8 Å². The topological polar surface area (TPSA) is 6.48 Å². The van der Waals surface area contributed by atoms with Crippen molar-refractivity contribution in [1.29, 1.82) is 0 Å². The van der Waals surface area contributed by atoms with Gasteiger partial charge in [-0.3, -0.25) is 4.90 Å². The van der Waals surface area contributed by atoms with Crippen molar-refractivity contribution in [3.8, 4) is 0 Å². The summed E-state index contributed by atoms with van der Waals surface area (Å²) in [4.78, 5) is 4.84. The molecule has 0 atom stereocenters. The number of anilines is 1. The molecule has 1 aromatic rings. The molecule has 0 amide bonds. The number of halogens is 4. The molecule has 3 rings (SSSR count). The fourth-order valence-corrected chi connectivity index (χ4v) is 3.95. The summed E-state index contributed by atoms with van der Waals surface area (Å²) in [7, 11) is 0. The minimum atomic E-state index is -3.67. The monoisotopic (exact) mass is 374 g/mol. The number of benzene rings is 1. The van der Waals surface area contributed by atoms with E-state index in [1.54, 1.807) is 6.07 Å². The maximum absolute atomic E-state index is 14.7. The molecule has 2 aliphatic rings. The second kappa shape index (κ2) is 10.1. The maximum Gasteiger partial charge on any atom is 0.379 e. The lowest BCUT2D eigenvalue weighted by Gasteiger charge is -2.30. The van der Waals surface area contributed by atoms with Crippen LogP contribution in [0.2, 0.25) is 0 Å². The lowest BCUT2D eigenvalue weighted by Crippen LogP contribution is -2.30. The van der Waals surface area contributed by atoms with Crippen LogP contribution in [0.4, 0.5) is 23.2 Å². The van der Waals surface area contributed by atoms with Gasteiger partial charge in [0.1, 0.15) is 5.82 Å². The van der Waals surface area contributed by atoms with Gasteiger partial charge in [0.25, 0.3) is 0 Å². The molecule has 26 heavy (non-hydrogen) atoms. The van der Waals surface area contributed by atoms with Gasteiger partial charge in [-0.05, 0) is 74.4 Å². The molecule has 2 aliphatic heterocycles. The first-order valence-electron chi connectivity index (χ1n) is 9.60. The number of rotatable bonds is 4. The standard InChI is InChI=1S/C19H29FN2.CHF3/c1-15(2)19-16(14-21-8-6-7-9-21)12-17(13-18(19)20)22-10-4-3-5-11-22;2-1(3)4/h12-13,15H,3-11,14H2,1-2H3;1H. The zero-order valence-corrected chi connectivity index (χ0v) is 15.8. The molecule has 1 aromatic carbocycles. The summed E-state index contributed by atoms with van der Waals surface area (Å²) >= 11 is 0. The summed E-state index contributed by atoms with van der Waals surface area (Å²) in [6.07, 6.45) is 6.34. The van der Waals surface area contributed by atoms with Crippen LogP contribution in [0.25, 0.3) is 0 Å².